The summed E-state index contributed by atoms with van der Waals surface area (Å²) in [6.07, 6.45) is 1.77. The predicted octanol–water partition coefficient (Wildman–Crippen LogP) is 3.17. The van der Waals surface area contributed by atoms with Gasteiger partial charge in [0.25, 0.3) is 0 Å². The second-order valence-electron chi connectivity index (χ2n) is 6.76. The number of carbonyl (C=O) groups is 1. The minimum absolute atomic E-state index is 0.163. The van der Waals surface area contributed by atoms with Gasteiger partial charge in [0.1, 0.15) is 6.20 Å². The van der Waals surface area contributed by atoms with Crippen molar-refractivity contribution in [2.45, 2.75) is 13.0 Å². The molecule has 2 heterocycles. The molecule has 0 bridgehead atoms. The lowest BCUT2D eigenvalue weighted by Gasteiger charge is -2.30. The van der Waals surface area contributed by atoms with Crippen molar-refractivity contribution in [3.63, 3.8) is 0 Å². The number of nitrogens with zero attached hydrogens (tertiary/aromatic N) is 4. The Bertz CT molecular complexity index is 1100. The van der Waals surface area contributed by atoms with Crippen molar-refractivity contribution >= 4 is 34.9 Å². The summed E-state index contributed by atoms with van der Waals surface area (Å²) < 4.78 is 0. The van der Waals surface area contributed by atoms with Gasteiger partial charge in [-0.1, -0.05) is 30.3 Å². The van der Waals surface area contributed by atoms with Crippen LogP contribution in [-0.4, -0.2) is 27.5 Å². The summed E-state index contributed by atoms with van der Waals surface area (Å²) in [4.78, 5) is 32.7. The number of aromatic nitrogens is 2. The summed E-state index contributed by atoms with van der Waals surface area (Å²) in [7, 11) is 0. The zero-order valence-corrected chi connectivity index (χ0v) is 15.9. The molecule has 10 nitrogen and oxygen atoms in total. The summed E-state index contributed by atoms with van der Waals surface area (Å²) in [5, 5.41) is 16.6. The summed E-state index contributed by atoms with van der Waals surface area (Å²) in [6, 6.07) is 14.6. The van der Waals surface area contributed by atoms with Crippen molar-refractivity contribution in [2.75, 3.05) is 27.8 Å². The van der Waals surface area contributed by atoms with E-state index in [0.717, 1.165) is 23.0 Å². The van der Waals surface area contributed by atoms with E-state index in [1.54, 1.807) is 0 Å². The summed E-state index contributed by atoms with van der Waals surface area (Å²) in [5.74, 6) is 0.174. The van der Waals surface area contributed by atoms with Gasteiger partial charge in [0.15, 0.2) is 0 Å². The number of nitro groups is 1. The number of hydrogen-bond acceptors (Lipinski definition) is 7. The summed E-state index contributed by atoms with van der Waals surface area (Å²) in [5.41, 5.74) is 8.87. The molecule has 10 heteroatoms. The first-order chi connectivity index (χ1) is 14.5. The van der Waals surface area contributed by atoms with Gasteiger partial charge in [0.05, 0.1) is 4.92 Å². The van der Waals surface area contributed by atoms with E-state index in [4.69, 9.17) is 5.73 Å². The number of nitrogens with two attached hydrogens (primary N) is 1. The Kier molecular flexibility index (Phi) is 5.12. The second-order valence-corrected chi connectivity index (χ2v) is 6.76. The van der Waals surface area contributed by atoms with Crippen molar-refractivity contribution in [3.8, 4) is 0 Å². The number of hydrogen-bond donors (Lipinski definition) is 3. The van der Waals surface area contributed by atoms with E-state index >= 15 is 0 Å². The van der Waals surface area contributed by atoms with Crippen LogP contribution in [0.15, 0.2) is 54.7 Å². The molecule has 152 valence electrons. The summed E-state index contributed by atoms with van der Waals surface area (Å²) >= 11 is 0. The molecule has 0 aliphatic carbocycles. The fourth-order valence-corrected chi connectivity index (χ4v) is 3.38. The topological polar surface area (TPSA) is 139 Å². The predicted molar refractivity (Wildman–Crippen MR) is 113 cm³/mol. The molecule has 4 N–H and O–H groups in total. The molecular formula is C20H19N7O3. The molecule has 0 spiro atoms. The highest BCUT2D eigenvalue weighted by Gasteiger charge is 2.23. The quantitative estimate of drug-likeness (QED) is 0.447. The van der Waals surface area contributed by atoms with E-state index in [1.165, 1.54) is 0 Å². The van der Waals surface area contributed by atoms with Gasteiger partial charge in [0.2, 0.25) is 11.8 Å². The van der Waals surface area contributed by atoms with E-state index in [1.807, 2.05) is 53.4 Å². The molecule has 4 rings (SSSR count). The number of urea groups is 1. The molecule has 0 saturated heterocycles. The van der Waals surface area contributed by atoms with Crippen molar-refractivity contribution in [2.24, 2.45) is 0 Å². The SMILES string of the molecule is Nc1nc(N2CCc3c(cccc3NC(=O)Nc3ccccc3)C2)ncc1[N+](=O)[O-]. The Morgan fingerprint density at radius 2 is 1.93 bits per heavy atom. The van der Waals surface area contributed by atoms with Crippen molar-refractivity contribution in [1.82, 2.24) is 9.97 Å². The van der Waals surface area contributed by atoms with Crippen molar-refractivity contribution < 1.29 is 9.72 Å². The second kappa shape index (κ2) is 8.03. The molecule has 0 unspecified atom stereocenters. The standard InChI is InChI=1S/C20H19N7O3/c21-18-17(27(29)30)11-22-19(25-18)26-10-9-15-13(12-26)5-4-8-16(15)24-20(28)23-14-6-2-1-3-7-14/h1-8,11H,9-10,12H2,(H2,21,22,25)(H2,23,24,28). The van der Waals surface area contributed by atoms with Crippen LogP contribution in [-0.2, 0) is 13.0 Å². The fourth-order valence-electron chi connectivity index (χ4n) is 3.38. The van der Waals surface area contributed by atoms with Crippen LogP contribution in [0.3, 0.4) is 0 Å². The monoisotopic (exact) mass is 405 g/mol. The molecule has 0 fully saturated rings. The van der Waals surface area contributed by atoms with Crippen LogP contribution in [0.4, 0.5) is 33.6 Å². The molecule has 0 atom stereocenters. The maximum absolute atomic E-state index is 12.4. The molecule has 30 heavy (non-hydrogen) atoms. The minimum atomic E-state index is -0.608. The van der Waals surface area contributed by atoms with Gasteiger partial charge in [0, 0.05) is 24.5 Å². The number of benzene rings is 2. The Morgan fingerprint density at radius 1 is 1.13 bits per heavy atom. The third-order valence-corrected chi connectivity index (χ3v) is 4.81. The first kappa shape index (κ1) is 19.1. The average Bonchev–Trinajstić information content (AvgIpc) is 2.74. The smallest absolute Gasteiger partial charge is 0.329 e. The zero-order chi connectivity index (χ0) is 21.1. The van der Waals surface area contributed by atoms with Crippen LogP contribution in [0.5, 0.6) is 0 Å². The van der Waals surface area contributed by atoms with E-state index < -0.39 is 4.92 Å². The van der Waals surface area contributed by atoms with Gasteiger partial charge in [-0.3, -0.25) is 10.1 Å². The van der Waals surface area contributed by atoms with Crippen LogP contribution >= 0.6 is 0 Å². The number of nitrogen functional groups attached to an aromatic ring is 1. The largest absolute Gasteiger partial charge is 0.378 e. The first-order valence-electron chi connectivity index (χ1n) is 9.27. The van der Waals surface area contributed by atoms with E-state index in [0.29, 0.717) is 31.1 Å². The third-order valence-electron chi connectivity index (χ3n) is 4.81. The normalized spacial score (nSPS) is 12.7. The zero-order valence-electron chi connectivity index (χ0n) is 15.9. The molecule has 1 aliphatic rings. The summed E-state index contributed by atoms with van der Waals surface area (Å²) in [6.45, 7) is 1.09. The van der Waals surface area contributed by atoms with E-state index in [2.05, 4.69) is 20.6 Å². The number of para-hydroxylation sites is 1. The van der Waals surface area contributed by atoms with Gasteiger partial charge < -0.3 is 21.3 Å². The highest BCUT2D eigenvalue weighted by molar-refractivity contribution is 6.00. The number of nitrogens with one attached hydrogen (secondary N) is 2. The van der Waals surface area contributed by atoms with Gasteiger partial charge in [-0.25, -0.2) is 9.78 Å². The lowest BCUT2D eigenvalue weighted by Crippen LogP contribution is -2.33. The first-order valence-corrected chi connectivity index (χ1v) is 9.27. The number of anilines is 4. The van der Waals surface area contributed by atoms with Gasteiger partial charge in [-0.15, -0.1) is 0 Å². The molecule has 2 amide bonds. The highest BCUT2D eigenvalue weighted by Crippen LogP contribution is 2.29. The van der Waals surface area contributed by atoms with Gasteiger partial charge >= 0.3 is 11.7 Å². The van der Waals surface area contributed by atoms with Gasteiger partial charge in [-0.05, 0) is 35.7 Å². The molecule has 0 saturated carbocycles. The van der Waals surface area contributed by atoms with Crippen molar-refractivity contribution in [3.05, 3.63) is 76.0 Å². The number of carbonyl (C=O) groups excluding carboxylic acids is 1. The number of rotatable bonds is 4. The van der Waals surface area contributed by atoms with E-state index in [-0.39, 0.29) is 17.5 Å². The van der Waals surface area contributed by atoms with Crippen LogP contribution < -0.4 is 21.3 Å². The lowest BCUT2D eigenvalue weighted by atomic mass is 9.98. The Balaban J connectivity index is 1.49. The lowest BCUT2D eigenvalue weighted by molar-refractivity contribution is -0.384. The molecule has 1 aliphatic heterocycles. The minimum Gasteiger partial charge on any atom is -0.378 e. The molecule has 3 aromatic rings. The molecular weight excluding hydrogens is 386 g/mol. The maximum atomic E-state index is 12.4. The van der Waals surface area contributed by atoms with Crippen LogP contribution in [0.1, 0.15) is 11.1 Å². The Hall–Kier alpha value is -4.21. The number of amides is 2. The maximum Gasteiger partial charge on any atom is 0.329 e. The Morgan fingerprint density at radius 3 is 2.67 bits per heavy atom. The Labute approximate surface area is 171 Å². The molecule has 1 aromatic heterocycles. The number of fused-ring (bicyclic) bond motifs is 1. The van der Waals surface area contributed by atoms with Crippen molar-refractivity contribution in [1.29, 1.82) is 0 Å². The average molecular weight is 405 g/mol. The van der Waals surface area contributed by atoms with Gasteiger partial charge in [-0.2, -0.15) is 4.98 Å². The van der Waals surface area contributed by atoms with Crippen LogP contribution in [0.25, 0.3) is 0 Å². The molecule has 2 aromatic carbocycles. The van der Waals surface area contributed by atoms with Crippen LogP contribution in [0, 0.1) is 10.1 Å². The third kappa shape index (κ3) is 3.97. The molecule has 0 radical (unpaired) electrons. The van der Waals surface area contributed by atoms with E-state index in [9.17, 15) is 14.9 Å². The van der Waals surface area contributed by atoms with Crippen LogP contribution in [0.2, 0.25) is 0 Å². The highest BCUT2D eigenvalue weighted by atomic mass is 16.6. The fraction of sp³-hybridized carbons (Fsp3) is 0.150.